The maximum Gasteiger partial charge on any atom is 0.269 e. The number of rotatable bonds is 4. The molecule has 1 heterocycles. The fourth-order valence-electron chi connectivity index (χ4n) is 2.63. The van der Waals surface area contributed by atoms with Crippen LogP contribution in [0.2, 0.25) is 0 Å². The Morgan fingerprint density at radius 3 is 2.21 bits per heavy atom. The minimum atomic E-state index is -3.95. The predicted octanol–water partition coefficient (Wildman–Crippen LogP) is 1.74. The van der Waals surface area contributed by atoms with Crippen LogP contribution in [0.15, 0.2) is 17.0 Å². The molecule has 1 aliphatic heterocycles. The van der Waals surface area contributed by atoms with Crippen LogP contribution < -0.4 is 19.1 Å². The van der Waals surface area contributed by atoms with E-state index in [0.29, 0.717) is 28.3 Å². The highest BCUT2D eigenvalue weighted by atomic mass is 32.2. The molecule has 0 spiro atoms. The Labute approximate surface area is 142 Å². The average molecular weight is 354 g/mol. The van der Waals surface area contributed by atoms with Gasteiger partial charge in [0.1, 0.15) is 0 Å². The lowest BCUT2D eigenvalue weighted by molar-refractivity contribution is -0.117. The van der Waals surface area contributed by atoms with E-state index >= 15 is 0 Å². The van der Waals surface area contributed by atoms with E-state index in [1.165, 1.54) is 21.3 Å². The SMILES string of the molecule is COc1cc2c(cc1OC)N(C)S(=O)(=O)C(C(=O)NC(C)C)=C2C. The van der Waals surface area contributed by atoms with Crippen LogP contribution in [0.25, 0.3) is 5.57 Å². The summed E-state index contributed by atoms with van der Waals surface area (Å²) in [6.45, 7) is 5.16. The molecule has 0 unspecified atom stereocenters. The Hall–Kier alpha value is -2.22. The molecule has 1 aromatic carbocycles. The lowest BCUT2D eigenvalue weighted by Gasteiger charge is -2.30. The van der Waals surface area contributed by atoms with Gasteiger partial charge in [0.25, 0.3) is 15.9 Å². The van der Waals surface area contributed by atoms with Crippen molar-refractivity contribution in [3.05, 3.63) is 22.6 Å². The van der Waals surface area contributed by atoms with Crippen molar-refractivity contribution in [2.45, 2.75) is 26.8 Å². The summed E-state index contributed by atoms with van der Waals surface area (Å²) in [5.74, 6) is 0.267. The van der Waals surface area contributed by atoms with Crippen LogP contribution in [0.3, 0.4) is 0 Å². The number of fused-ring (bicyclic) bond motifs is 1. The van der Waals surface area contributed by atoms with Crippen molar-refractivity contribution in [2.24, 2.45) is 0 Å². The van der Waals surface area contributed by atoms with E-state index in [0.717, 1.165) is 4.31 Å². The molecule has 2 rings (SSSR count). The first-order valence-electron chi connectivity index (χ1n) is 7.42. The Kier molecular flexibility index (Phi) is 4.80. The summed E-state index contributed by atoms with van der Waals surface area (Å²) < 4.78 is 37.2. The van der Waals surface area contributed by atoms with Crippen LogP contribution in [-0.2, 0) is 14.8 Å². The molecule has 0 saturated heterocycles. The van der Waals surface area contributed by atoms with E-state index < -0.39 is 15.9 Å². The fourth-order valence-corrected chi connectivity index (χ4v) is 4.10. The molecule has 0 radical (unpaired) electrons. The van der Waals surface area contributed by atoms with Crippen molar-refractivity contribution >= 4 is 27.2 Å². The van der Waals surface area contributed by atoms with E-state index in [4.69, 9.17) is 9.47 Å². The van der Waals surface area contributed by atoms with Gasteiger partial charge in [0, 0.05) is 24.7 Å². The first kappa shape index (κ1) is 18.1. The van der Waals surface area contributed by atoms with Gasteiger partial charge in [0.05, 0.1) is 19.9 Å². The highest BCUT2D eigenvalue weighted by Gasteiger charge is 2.38. The van der Waals surface area contributed by atoms with Crippen LogP contribution >= 0.6 is 0 Å². The quantitative estimate of drug-likeness (QED) is 0.890. The zero-order valence-electron chi connectivity index (χ0n) is 14.6. The first-order valence-corrected chi connectivity index (χ1v) is 8.86. The number of allylic oxidation sites excluding steroid dienone is 1. The molecule has 1 N–H and O–H groups in total. The van der Waals surface area contributed by atoms with E-state index in [-0.39, 0.29) is 10.9 Å². The number of sulfonamides is 1. The number of nitrogens with one attached hydrogen (secondary N) is 1. The van der Waals surface area contributed by atoms with E-state index in [2.05, 4.69) is 5.32 Å². The van der Waals surface area contributed by atoms with Crippen molar-refractivity contribution < 1.29 is 22.7 Å². The number of ether oxygens (including phenoxy) is 2. The van der Waals surface area contributed by atoms with Crippen LogP contribution in [0.1, 0.15) is 26.3 Å². The minimum Gasteiger partial charge on any atom is -0.493 e. The number of nitrogens with zero attached hydrogens (tertiary/aromatic N) is 1. The third kappa shape index (κ3) is 2.82. The lowest BCUT2D eigenvalue weighted by Crippen LogP contribution is -2.41. The van der Waals surface area contributed by atoms with Gasteiger partial charge in [-0.2, -0.15) is 0 Å². The maximum atomic E-state index is 12.8. The predicted molar refractivity (Wildman–Crippen MR) is 92.7 cm³/mol. The number of anilines is 1. The molecule has 0 bridgehead atoms. The van der Waals surface area contributed by atoms with Crippen molar-refractivity contribution in [2.75, 3.05) is 25.6 Å². The van der Waals surface area contributed by atoms with Crippen LogP contribution in [0.5, 0.6) is 11.5 Å². The second-order valence-electron chi connectivity index (χ2n) is 5.78. The first-order chi connectivity index (χ1) is 11.1. The Balaban J connectivity index is 2.76. The zero-order chi connectivity index (χ0) is 18.2. The number of carbonyl (C=O) groups excluding carboxylic acids is 1. The lowest BCUT2D eigenvalue weighted by atomic mass is 10.0. The molecule has 1 aliphatic rings. The summed E-state index contributed by atoms with van der Waals surface area (Å²) in [6.07, 6.45) is 0. The molecule has 0 aromatic heterocycles. The Morgan fingerprint density at radius 2 is 1.71 bits per heavy atom. The number of hydrogen-bond donors (Lipinski definition) is 1. The van der Waals surface area contributed by atoms with Gasteiger partial charge in [-0.05, 0) is 32.4 Å². The molecule has 1 amide bonds. The average Bonchev–Trinajstić information content (AvgIpc) is 2.50. The molecular formula is C16H22N2O5S. The van der Waals surface area contributed by atoms with E-state index in [1.807, 2.05) is 0 Å². The van der Waals surface area contributed by atoms with Gasteiger partial charge in [0.2, 0.25) is 0 Å². The standard InChI is InChI=1S/C16H22N2O5S/c1-9(2)17-16(19)15-10(3)11-7-13(22-5)14(23-6)8-12(11)18(4)24(15,20)21/h7-9H,1-6H3,(H,17,19). The minimum absolute atomic E-state index is 0.176. The highest BCUT2D eigenvalue weighted by molar-refractivity contribution is 7.97. The van der Waals surface area contributed by atoms with Crippen LogP contribution in [0, 0.1) is 0 Å². The Bertz CT molecular complexity index is 812. The maximum absolute atomic E-state index is 12.8. The van der Waals surface area contributed by atoms with Crippen molar-refractivity contribution in [3.8, 4) is 11.5 Å². The summed E-state index contributed by atoms with van der Waals surface area (Å²) in [5, 5.41) is 2.64. The smallest absolute Gasteiger partial charge is 0.269 e. The molecule has 0 atom stereocenters. The molecule has 0 saturated carbocycles. The van der Waals surface area contributed by atoms with Crippen molar-refractivity contribution in [3.63, 3.8) is 0 Å². The van der Waals surface area contributed by atoms with Gasteiger partial charge in [-0.1, -0.05) is 0 Å². The summed E-state index contributed by atoms with van der Waals surface area (Å²) in [7, 11) is 0.439. The molecule has 24 heavy (non-hydrogen) atoms. The van der Waals surface area contributed by atoms with Crippen LogP contribution in [0.4, 0.5) is 5.69 Å². The highest BCUT2D eigenvalue weighted by Crippen LogP contribution is 2.44. The molecule has 0 fully saturated rings. The van der Waals surface area contributed by atoms with E-state index in [1.54, 1.807) is 32.9 Å². The zero-order valence-corrected chi connectivity index (χ0v) is 15.4. The molecule has 8 heteroatoms. The summed E-state index contributed by atoms with van der Waals surface area (Å²) in [4.78, 5) is 12.2. The number of amides is 1. The molecule has 132 valence electrons. The van der Waals surface area contributed by atoms with Crippen molar-refractivity contribution in [1.29, 1.82) is 0 Å². The van der Waals surface area contributed by atoms with Gasteiger partial charge < -0.3 is 14.8 Å². The largest absolute Gasteiger partial charge is 0.493 e. The monoisotopic (exact) mass is 354 g/mol. The second-order valence-corrected chi connectivity index (χ2v) is 7.69. The van der Waals surface area contributed by atoms with Gasteiger partial charge in [-0.3, -0.25) is 9.10 Å². The third-order valence-electron chi connectivity index (χ3n) is 3.83. The molecule has 0 aliphatic carbocycles. The number of carbonyl (C=O) groups is 1. The summed E-state index contributed by atoms with van der Waals surface area (Å²) in [5.41, 5.74) is 1.42. The van der Waals surface area contributed by atoms with Crippen LogP contribution in [-0.4, -0.2) is 41.6 Å². The molecular weight excluding hydrogens is 332 g/mol. The number of hydrogen-bond acceptors (Lipinski definition) is 5. The number of methoxy groups -OCH3 is 2. The van der Waals surface area contributed by atoms with Gasteiger partial charge >= 0.3 is 0 Å². The van der Waals surface area contributed by atoms with Gasteiger partial charge in [-0.25, -0.2) is 8.42 Å². The topological polar surface area (TPSA) is 84.9 Å². The third-order valence-corrected chi connectivity index (χ3v) is 5.76. The van der Waals surface area contributed by atoms with Crippen molar-refractivity contribution in [1.82, 2.24) is 5.32 Å². The second kappa shape index (κ2) is 6.35. The Morgan fingerprint density at radius 1 is 1.17 bits per heavy atom. The summed E-state index contributed by atoms with van der Waals surface area (Å²) >= 11 is 0. The van der Waals surface area contributed by atoms with E-state index in [9.17, 15) is 13.2 Å². The normalized spacial score (nSPS) is 16.0. The van der Waals surface area contributed by atoms with Gasteiger partial charge in [0.15, 0.2) is 16.4 Å². The van der Waals surface area contributed by atoms with Gasteiger partial charge in [-0.15, -0.1) is 0 Å². The summed E-state index contributed by atoms with van der Waals surface area (Å²) in [6, 6.07) is 3.09. The number of benzene rings is 1. The molecule has 1 aromatic rings. The fraction of sp³-hybridized carbons (Fsp3) is 0.438. The molecule has 7 nitrogen and oxygen atoms in total.